The Kier molecular flexibility index (Phi) is 4.69. The Morgan fingerprint density at radius 2 is 2.11 bits per heavy atom. The van der Waals surface area contributed by atoms with Crippen LogP contribution in [-0.2, 0) is 6.54 Å². The summed E-state index contributed by atoms with van der Waals surface area (Å²) in [6.07, 6.45) is 3.85. The summed E-state index contributed by atoms with van der Waals surface area (Å²) in [5.74, 6) is 0.830. The van der Waals surface area contributed by atoms with Crippen molar-refractivity contribution in [2.24, 2.45) is 5.73 Å². The lowest BCUT2D eigenvalue weighted by molar-refractivity contribution is 0.658. The van der Waals surface area contributed by atoms with Gasteiger partial charge in [0, 0.05) is 40.0 Å². The highest BCUT2D eigenvalue weighted by Crippen LogP contribution is 2.24. The molecule has 96 valence electrons. The smallest absolute Gasteiger partial charge is 0.0537 e. The minimum atomic E-state index is 0.00554. The van der Waals surface area contributed by atoms with Crippen LogP contribution in [0, 0.1) is 0 Å². The number of rotatable bonds is 5. The van der Waals surface area contributed by atoms with E-state index in [1.54, 1.807) is 11.8 Å². The monoisotopic (exact) mass is 281 g/mol. The van der Waals surface area contributed by atoms with E-state index in [1.165, 1.54) is 4.90 Å². The molecular formula is C13H16ClN3S. The van der Waals surface area contributed by atoms with Gasteiger partial charge in [-0.25, -0.2) is 0 Å². The number of halogens is 1. The minimum Gasteiger partial charge on any atom is -0.323 e. The Labute approximate surface area is 116 Å². The third-order valence-electron chi connectivity index (χ3n) is 2.65. The lowest BCUT2D eigenvalue weighted by Gasteiger charge is -2.08. The molecule has 0 spiro atoms. The number of nitrogens with two attached hydrogens (primary N) is 1. The molecular weight excluding hydrogens is 266 g/mol. The van der Waals surface area contributed by atoms with Crippen LogP contribution in [0.4, 0.5) is 0 Å². The predicted octanol–water partition coefficient (Wildman–Crippen LogP) is 3.35. The lowest BCUT2D eigenvalue weighted by Crippen LogP contribution is -2.12. The zero-order chi connectivity index (χ0) is 13.0. The van der Waals surface area contributed by atoms with E-state index in [1.807, 2.05) is 41.3 Å². The van der Waals surface area contributed by atoms with Crippen molar-refractivity contribution in [2.75, 3.05) is 5.75 Å². The van der Waals surface area contributed by atoms with Crippen LogP contribution in [0.3, 0.4) is 0 Å². The Morgan fingerprint density at radius 1 is 1.39 bits per heavy atom. The average Bonchev–Trinajstić information content (AvgIpc) is 2.86. The standard InChI is InChI=1S/C13H16ClN3S/c1-2-17-8-10(7-16-17)13(15)9-18-12-5-3-11(14)4-6-12/h3-8,13H,2,9,15H2,1H3. The third-order valence-corrected chi connectivity index (χ3v) is 4.03. The van der Waals surface area contributed by atoms with Crippen LogP contribution in [0.5, 0.6) is 0 Å². The first kappa shape index (κ1) is 13.5. The lowest BCUT2D eigenvalue weighted by atomic mass is 10.2. The second-order valence-electron chi connectivity index (χ2n) is 4.00. The van der Waals surface area contributed by atoms with Gasteiger partial charge < -0.3 is 5.73 Å². The van der Waals surface area contributed by atoms with Gasteiger partial charge in [-0.15, -0.1) is 11.8 Å². The molecule has 0 aliphatic rings. The number of hydrogen-bond donors (Lipinski definition) is 1. The van der Waals surface area contributed by atoms with Crippen LogP contribution in [0.2, 0.25) is 5.02 Å². The van der Waals surface area contributed by atoms with Crippen molar-refractivity contribution in [1.29, 1.82) is 0 Å². The van der Waals surface area contributed by atoms with Crippen LogP contribution in [-0.4, -0.2) is 15.5 Å². The summed E-state index contributed by atoms with van der Waals surface area (Å²) < 4.78 is 1.89. The van der Waals surface area contributed by atoms with E-state index in [-0.39, 0.29) is 6.04 Å². The fourth-order valence-corrected chi connectivity index (χ4v) is 2.58. The summed E-state index contributed by atoms with van der Waals surface area (Å²) in [5, 5.41) is 4.99. The average molecular weight is 282 g/mol. The van der Waals surface area contributed by atoms with Gasteiger partial charge in [0.05, 0.1) is 6.20 Å². The summed E-state index contributed by atoms with van der Waals surface area (Å²) in [4.78, 5) is 1.18. The maximum absolute atomic E-state index is 6.14. The van der Waals surface area contributed by atoms with E-state index in [2.05, 4.69) is 12.0 Å². The molecule has 0 fully saturated rings. The van der Waals surface area contributed by atoms with Crippen LogP contribution in [0.1, 0.15) is 18.5 Å². The highest BCUT2D eigenvalue weighted by atomic mass is 35.5. The topological polar surface area (TPSA) is 43.8 Å². The minimum absolute atomic E-state index is 0.00554. The Morgan fingerprint density at radius 3 is 2.72 bits per heavy atom. The fraction of sp³-hybridized carbons (Fsp3) is 0.308. The molecule has 0 saturated carbocycles. The van der Waals surface area contributed by atoms with Gasteiger partial charge >= 0.3 is 0 Å². The fourth-order valence-electron chi connectivity index (χ4n) is 1.56. The van der Waals surface area contributed by atoms with Crippen molar-refractivity contribution in [2.45, 2.75) is 24.4 Å². The summed E-state index contributed by atoms with van der Waals surface area (Å²) >= 11 is 7.57. The summed E-state index contributed by atoms with van der Waals surface area (Å²) in [6, 6.07) is 7.81. The van der Waals surface area contributed by atoms with Crippen molar-refractivity contribution < 1.29 is 0 Å². The first-order valence-electron chi connectivity index (χ1n) is 5.85. The van der Waals surface area contributed by atoms with E-state index in [0.717, 1.165) is 22.9 Å². The maximum Gasteiger partial charge on any atom is 0.0537 e. The largest absolute Gasteiger partial charge is 0.323 e. The normalized spacial score (nSPS) is 12.6. The quantitative estimate of drug-likeness (QED) is 0.855. The van der Waals surface area contributed by atoms with Gasteiger partial charge in [-0.1, -0.05) is 11.6 Å². The Bertz CT molecular complexity index is 495. The zero-order valence-electron chi connectivity index (χ0n) is 10.2. The highest BCUT2D eigenvalue weighted by Gasteiger charge is 2.09. The molecule has 2 N–H and O–H groups in total. The number of thioether (sulfide) groups is 1. The number of nitrogens with zero attached hydrogens (tertiary/aromatic N) is 2. The molecule has 0 aliphatic heterocycles. The van der Waals surface area contributed by atoms with Gasteiger partial charge in [-0.3, -0.25) is 4.68 Å². The summed E-state index contributed by atoms with van der Waals surface area (Å²) in [5.41, 5.74) is 7.22. The molecule has 1 aromatic carbocycles. The molecule has 1 heterocycles. The molecule has 0 saturated heterocycles. The van der Waals surface area contributed by atoms with Crippen LogP contribution < -0.4 is 5.73 Å². The van der Waals surface area contributed by atoms with Gasteiger partial charge in [0.2, 0.25) is 0 Å². The van der Waals surface area contributed by atoms with Gasteiger partial charge in [0.25, 0.3) is 0 Å². The highest BCUT2D eigenvalue weighted by molar-refractivity contribution is 7.99. The molecule has 1 unspecified atom stereocenters. The predicted molar refractivity (Wildman–Crippen MR) is 77.0 cm³/mol. The summed E-state index contributed by atoms with van der Waals surface area (Å²) in [7, 11) is 0. The van der Waals surface area contributed by atoms with E-state index in [9.17, 15) is 0 Å². The number of benzene rings is 1. The third kappa shape index (κ3) is 3.51. The Hall–Kier alpha value is -0.970. The first-order chi connectivity index (χ1) is 8.69. The van der Waals surface area contributed by atoms with Crippen molar-refractivity contribution in [3.8, 4) is 0 Å². The van der Waals surface area contributed by atoms with Crippen LogP contribution >= 0.6 is 23.4 Å². The maximum atomic E-state index is 6.14. The summed E-state index contributed by atoms with van der Waals surface area (Å²) in [6.45, 7) is 2.93. The second kappa shape index (κ2) is 6.27. The number of aryl methyl sites for hydroxylation is 1. The molecule has 1 aromatic heterocycles. The van der Waals surface area contributed by atoms with Crippen LogP contribution in [0.15, 0.2) is 41.6 Å². The van der Waals surface area contributed by atoms with Crippen molar-refractivity contribution in [1.82, 2.24) is 9.78 Å². The van der Waals surface area contributed by atoms with Crippen LogP contribution in [0.25, 0.3) is 0 Å². The van der Waals surface area contributed by atoms with E-state index in [4.69, 9.17) is 17.3 Å². The Balaban J connectivity index is 1.91. The van der Waals surface area contributed by atoms with Crippen molar-refractivity contribution in [3.63, 3.8) is 0 Å². The number of hydrogen-bond acceptors (Lipinski definition) is 3. The molecule has 2 rings (SSSR count). The molecule has 0 amide bonds. The van der Waals surface area contributed by atoms with Gasteiger partial charge in [-0.2, -0.15) is 5.10 Å². The molecule has 0 bridgehead atoms. The molecule has 0 aliphatic carbocycles. The van der Waals surface area contributed by atoms with Gasteiger partial charge in [0.15, 0.2) is 0 Å². The molecule has 18 heavy (non-hydrogen) atoms. The molecule has 0 radical (unpaired) electrons. The van der Waals surface area contributed by atoms with Gasteiger partial charge in [0.1, 0.15) is 0 Å². The first-order valence-corrected chi connectivity index (χ1v) is 7.21. The van der Waals surface area contributed by atoms with E-state index < -0.39 is 0 Å². The SMILES string of the molecule is CCn1cc(C(N)CSc2ccc(Cl)cc2)cn1. The molecule has 2 aromatic rings. The van der Waals surface area contributed by atoms with Crippen molar-refractivity contribution in [3.05, 3.63) is 47.2 Å². The molecule has 1 atom stereocenters. The zero-order valence-corrected chi connectivity index (χ0v) is 11.8. The van der Waals surface area contributed by atoms with Gasteiger partial charge in [-0.05, 0) is 31.2 Å². The van der Waals surface area contributed by atoms with E-state index in [0.29, 0.717) is 0 Å². The number of aromatic nitrogens is 2. The molecule has 5 heteroatoms. The van der Waals surface area contributed by atoms with E-state index >= 15 is 0 Å². The second-order valence-corrected chi connectivity index (χ2v) is 5.53. The van der Waals surface area contributed by atoms with Crippen molar-refractivity contribution >= 4 is 23.4 Å². The molecule has 3 nitrogen and oxygen atoms in total.